The van der Waals surface area contributed by atoms with E-state index in [9.17, 15) is 9.59 Å². The zero-order valence-electron chi connectivity index (χ0n) is 14.9. The molecule has 3 aliphatic rings. The number of para-hydroxylation sites is 1. The summed E-state index contributed by atoms with van der Waals surface area (Å²) in [7, 11) is 0. The summed E-state index contributed by atoms with van der Waals surface area (Å²) < 4.78 is 6.02. The van der Waals surface area contributed by atoms with Crippen LogP contribution in [-0.2, 0) is 9.53 Å². The van der Waals surface area contributed by atoms with Gasteiger partial charge < -0.3 is 9.64 Å². The van der Waals surface area contributed by atoms with Gasteiger partial charge in [-0.15, -0.1) is 0 Å². The van der Waals surface area contributed by atoms with Crippen molar-refractivity contribution in [2.75, 3.05) is 18.1 Å². The molecule has 2 heterocycles. The highest BCUT2D eigenvalue weighted by atomic mass is 16.5. The van der Waals surface area contributed by atoms with E-state index in [0.29, 0.717) is 29.5 Å². The summed E-state index contributed by atoms with van der Waals surface area (Å²) in [5.41, 5.74) is 0.665. The molecular formula is C20H26N2O3. The van der Waals surface area contributed by atoms with E-state index in [1.165, 1.54) is 4.90 Å². The molecule has 4 rings (SSSR count). The number of hydrogen-bond acceptors (Lipinski definition) is 3. The highest BCUT2D eigenvalue weighted by molar-refractivity contribution is 6.19. The van der Waals surface area contributed by atoms with Gasteiger partial charge in [-0.25, -0.2) is 9.69 Å². The summed E-state index contributed by atoms with van der Waals surface area (Å²) >= 11 is 0. The lowest BCUT2D eigenvalue weighted by molar-refractivity contribution is -0.116. The Morgan fingerprint density at radius 2 is 1.76 bits per heavy atom. The molecule has 0 spiro atoms. The van der Waals surface area contributed by atoms with E-state index in [1.54, 1.807) is 4.90 Å². The molecule has 5 nitrogen and oxygen atoms in total. The maximum absolute atomic E-state index is 12.9. The van der Waals surface area contributed by atoms with Gasteiger partial charge in [-0.1, -0.05) is 32.0 Å². The van der Waals surface area contributed by atoms with Crippen LogP contribution in [0.15, 0.2) is 30.3 Å². The predicted molar refractivity (Wildman–Crippen MR) is 95.2 cm³/mol. The topological polar surface area (TPSA) is 49.9 Å². The zero-order valence-corrected chi connectivity index (χ0v) is 14.9. The summed E-state index contributed by atoms with van der Waals surface area (Å²) in [6, 6.07) is 9.22. The van der Waals surface area contributed by atoms with Crippen molar-refractivity contribution in [1.82, 2.24) is 4.90 Å². The lowest BCUT2D eigenvalue weighted by Crippen LogP contribution is -2.38. The lowest BCUT2D eigenvalue weighted by atomic mass is 9.85. The van der Waals surface area contributed by atoms with Crippen molar-refractivity contribution in [3.05, 3.63) is 30.3 Å². The van der Waals surface area contributed by atoms with Crippen molar-refractivity contribution in [2.45, 2.75) is 45.3 Å². The van der Waals surface area contributed by atoms with Crippen LogP contribution < -0.4 is 4.90 Å². The summed E-state index contributed by atoms with van der Waals surface area (Å²) in [5, 5.41) is 0. The molecule has 3 amide bonds. The molecule has 0 unspecified atom stereocenters. The fourth-order valence-corrected chi connectivity index (χ4v) is 4.64. The Hall–Kier alpha value is -1.88. The Kier molecular flexibility index (Phi) is 4.28. The van der Waals surface area contributed by atoms with Crippen LogP contribution in [0.3, 0.4) is 0 Å². The van der Waals surface area contributed by atoms with Crippen LogP contribution in [0.5, 0.6) is 0 Å². The number of anilines is 1. The third kappa shape index (κ3) is 2.95. The van der Waals surface area contributed by atoms with E-state index >= 15 is 0 Å². The Morgan fingerprint density at radius 1 is 1.04 bits per heavy atom. The van der Waals surface area contributed by atoms with Crippen LogP contribution in [0.2, 0.25) is 0 Å². The van der Waals surface area contributed by atoms with Gasteiger partial charge in [-0.3, -0.25) is 4.79 Å². The zero-order chi connectivity index (χ0) is 17.6. The monoisotopic (exact) mass is 342 g/mol. The smallest absolute Gasteiger partial charge is 0.332 e. The van der Waals surface area contributed by atoms with E-state index < -0.39 is 0 Å². The first-order valence-electron chi connectivity index (χ1n) is 9.34. The third-order valence-electron chi connectivity index (χ3n) is 6.07. The van der Waals surface area contributed by atoms with Crippen LogP contribution >= 0.6 is 0 Å². The van der Waals surface area contributed by atoms with Gasteiger partial charge in [-0.05, 0) is 49.1 Å². The molecule has 1 aromatic rings. The average Bonchev–Trinajstić information content (AvgIpc) is 3.15. The summed E-state index contributed by atoms with van der Waals surface area (Å²) in [4.78, 5) is 28.4. The molecule has 2 aliphatic heterocycles. The van der Waals surface area contributed by atoms with Gasteiger partial charge in [0.2, 0.25) is 0 Å². The van der Waals surface area contributed by atoms with Crippen molar-refractivity contribution in [3.8, 4) is 0 Å². The second-order valence-electron chi connectivity index (χ2n) is 7.97. The van der Waals surface area contributed by atoms with Crippen LogP contribution in [0.25, 0.3) is 0 Å². The number of ether oxygens (including phenoxy) is 1. The van der Waals surface area contributed by atoms with Gasteiger partial charge in [0.1, 0.15) is 6.54 Å². The number of carbonyl (C=O) groups is 2. The molecule has 2 saturated heterocycles. The minimum Gasteiger partial charge on any atom is -0.378 e. The van der Waals surface area contributed by atoms with E-state index in [1.807, 2.05) is 30.3 Å². The standard InChI is InChI=1S/C20H26N2O3/c1-13(2)18-10-14-8-17(9-15(14)12-25-18)21-11-19(23)22(20(21)24)16-6-4-3-5-7-16/h3-7,13-15,17-18H,8-12H2,1-2H3/t14-,15+,17-,18-/m0/s1. The number of hydrogen-bond donors (Lipinski definition) is 0. The fourth-order valence-electron chi connectivity index (χ4n) is 4.64. The Morgan fingerprint density at radius 3 is 2.48 bits per heavy atom. The fraction of sp³-hybridized carbons (Fsp3) is 0.600. The van der Waals surface area contributed by atoms with Crippen molar-refractivity contribution in [3.63, 3.8) is 0 Å². The molecule has 3 fully saturated rings. The lowest BCUT2D eigenvalue weighted by Gasteiger charge is -2.34. The van der Waals surface area contributed by atoms with Gasteiger partial charge >= 0.3 is 6.03 Å². The van der Waals surface area contributed by atoms with Gasteiger partial charge in [-0.2, -0.15) is 0 Å². The molecular weight excluding hydrogens is 316 g/mol. The minimum atomic E-state index is -0.166. The Balaban J connectivity index is 1.47. The first-order chi connectivity index (χ1) is 12.0. The van der Waals surface area contributed by atoms with Crippen molar-refractivity contribution in [1.29, 1.82) is 0 Å². The maximum atomic E-state index is 12.9. The van der Waals surface area contributed by atoms with Crippen LogP contribution in [0.4, 0.5) is 10.5 Å². The number of imide groups is 1. The molecule has 1 saturated carbocycles. The number of rotatable bonds is 3. The first kappa shape index (κ1) is 16.6. The number of urea groups is 1. The highest BCUT2D eigenvalue weighted by Crippen LogP contribution is 2.43. The van der Waals surface area contributed by atoms with E-state index in [4.69, 9.17) is 4.74 Å². The molecule has 0 aromatic heterocycles. The second-order valence-corrected chi connectivity index (χ2v) is 7.97. The van der Waals surface area contributed by atoms with E-state index in [0.717, 1.165) is 25.9 Å². The largest absolute Gasteiger partial charge is 0.378 e. The van der Waals surface area contributed by atoms with Crippen molar-refractivity contribution >= 4 is 17.6 Å². The first-order valence-corrected chi connectivity index (χ1v) is 9.34. The van der Waals surface area contributed by atoms with Crippen LogP contribution in [0, 0.1) is 17.8 Å². The predicted octanol–water partition coefficient (Wildman–Crippen LogP) is 3.29. The molecule has 4 atom stereocenters. The van der Waals surface area contributed by atoms with E-state index in [-0.39, 0.29) is 24.5 Å². The summed E-state index contributed by atoms with van der Waals surface area (Å²) in [6.45, 7) is 5.41. The van der Waals surface area contributed by atoms with Crippen molar-refractivity contribution in [2.24, 2.45) is 17.8 Å². The number of fused-ring (bicyclic) bond motifs is 1. The number of carbonyl (C=O) groups excluding carboxylic acids is 2. The second kappa shape index (κ2) is 6.45. The normalized spacial score (nSPS) is 32.6. The average molecular weight is 342 g/mol. The summed E-state index contributed by atoms with van der Waals surface area (Å²) in [5.74, 6) is 1.54. The molecule has 134 valence electrons. The Labute approximate surface area is 148 Å². The quantitative estimate of drug-likeness (QED) is 0.792. The molecule has 0 N–H and O–H groups in total. The maximum Gasteiger partial charge on any atom is 0.332 e. The molecule has 25 heavy (non-hydrogen) atoms. The van der Waals surface area contributed by atoms with Crippen molar-refractivity contribution < 1.29 is 14.3 Å². The van der Waals surface area contributed by atoms with Gasteiger partial charge in [0.25, 0.3) is 5.91 Å². The molecule has 1 aliphatic carbocycles. The Bertz CT molecular complexity index is 660. The van der Waals surface area contributed by atoms with Gasteiger partial charge in [0, 0.05) is 6.04 Å². The van der Waals surface area contributed by atoms with Crippen LogP contribution in [0.1, 0.15) is 33.1 Å². The van der Waals surface area contributed by atoms with Gasteiger partial charge in [0.15, 0.2) is 0 Å². The highest BCUT2D eigenvalue weighted by Gasteiger charge is 2.47. The number of nitrogens with zero attached hydrogens (tertiary/aromatic N) is 2. The molecule has 0 radical (unpaired) electrons. The van der Waals surface area contributed by atoms with E-state index in [2.05, 4.69) is 13.8 Å². The summed E-state index contributed by atoms with van der Waals surface area (Å²) in [6.07, 6.45) is 3.37. The molecule has 1 aromatic carbocycles. The minimum absolute atomic E-state index is 0.123. The number of benzene rings is 1. The molecule has 5 heteroatoms. The van der Waals surface area contributed by atoms with Crippen LogP contribution in [-0.4, -0.2) is 42.1 Å². The molecule has 0 bridgehead atoms. The SMILES string of the molecule is CC(C)[C@@H]1C[C@@H]2C[C@H](N3CC(=O)N(c4ccccc4)C3=O)C[C@@H]2CO1. The third-order valence-corrected chi connectivity index (χ3v) is 6.07. The number of amides is 3. The van der Waals surface area contributed by atoms with Gasteiger partial charge in [0.05, 0.1) is 18.4 Å².